The molecule has 0 aromatic heterocycles. The van der Waals surface area contributed by atoms with Crippen molar-refractivity contribution in [1.82, 2.24) is 0 Å². The van der Waals surface area contributed by atoms with Crippen LogP contribution in [-0.2, 0) is 11.3 Å². The highest BCUT2D eigenvalue weighted by Crippen LogP contribution is 2.39. The fourth-order valence-electron chi connectivity index (χ4n) is 3.13. The van der Waals surface area contributed by atoms with Crippen LogP contribution in [-0.4, -0.2) is 11.8 Å². The summed E-state index contributed by atoms with van der Waals surface area (Å²) in [5.41, 5.74) is 3.81. The molecule has 1 heterocycles. The van der Waals surface area contributed by atoms with Crippen LogP contribution in [0.1, 0.15) is 11.1 Å². The number of nitrogens with zero attached hydrogens (tertiary/aromatic N) is 1. The van der Waals surface area contributed by atoms with E-state index in [1.54, 1.807) is 0 Å². The number of allylic oxidation sites excluding steroid dienone is 3. The van der Waals surface area contributed by atoms with Crippen LogP contribution in [0.2, 0.25) is 0 Å². The quantitative estimate of drug-likeness (QED) is 0.662. The standard InChI is InChI=1S/C15H13NO/c1-3-7-12-10(5-1)9-11-6-2-4-8-13-14(11)15(12)16-17-13/h1-8,11,13-14H,9H2. The summed E-state index contributed by atoms with van der Waals surface area (Å²) in [6, 6.07) is 8.55. The Morgan fingerprint density at radius 3 is 3.00 bits per heavy atom. The summed E-state index contributed by atoms with van der Waals surface area (Å²) in [4.78, 5) is 5.57. The first-order valence-corrected chi connectivity index (χ1v) is 6.10. The first kappa shape index (κ1) is 9.23. The van der Waals surface area contributed by atoms with Gasteiger partial charge < -0.3 is 4.84 Å². The van der Waals surface area contributed by atoms with Gasteiger partial charge in [-0.2, -0.15) is 0 Å². The van der Waals surface area contributed by atoms with Crippen LogP contribution in [0.25, 0.3) is 0 Å². The molecular weight excluding hydrogens is 210 g/mol. The SMILES string of the molecule is C1=CC2Cc3ccccc3C3=NOC(C=C1)C32. The van der Waals surface area contributed by atoms with Crippen LogP contribution in [0.5, 0.6) is 0 Å². The van der Waals surface area contributed by atoms with Crippen molar-refractivity contribution in [3.63, 3.8) is 0 Å². The van der Waals surface area contributed by atoms with E-state index in [4.69, 9.17) is 4.84 Å². The van der Waals surface area contributed by atoms with Gasteiger partial charge in [-0.05, 0) is 24.0 Å². The fraction of sp³-hybridized carbons (Fsp3) is 0.267. The molecule has 0 fully saturated rings. The summed E-state index contributed by atoms with van der Waals surface area (Å²) in [6.45, 7) is 0. The largest absolute Gasteiger partial charge is 0.387 e. The Morgan fingerprint density at radius 2 is 2.00 bits per heavy atom. The summed E-state index contributed by atoms with van der Waals surface area (Å²) in [7, 11) is 0. The van der Waals surface area contributed by atoms with Crippen molar-refractivity contribution in [2.24, 2.45) is 17.0 Å². The van der Waals surface area contributed by atoms with E-state index >= 15 is 0 Å². The molecule has 0 amide bonds. The molecule has 0 bridgehead atoms. The normalized spacial score (nSPS) is 32.2. The minimum atomic E-state index is 0.123. The van der Waals surface area contributed by atoms with Crippen molar-refractivity contribution in [3.8, 4) is 0 Å². The zero-order chi connectivity index (χ0) is 11.2. The minimum Gasteiger partial charge on any atom is -0.387 e. The third-order valence-corrected chi connectivity index (χ3v) is 3.92. The summed E-state index contributed by atoms with van der Waals surface area (Å²) in [5, 5.41) is 4.31. The average Bonchev–Trinajstić information content (AvgIpc) is 2.68. The van der Waals surface area contributed by atoms with Crippen LogP contribution in [0, 0.1) is 11.8 Å². The summed E-state index contributed by atoms with van der Waals surface area (Å²) >= 11 is 0. The Bertz CT molecular complexity index is 556. The first-order chi connectivity index (χ1) is 8.43. The molecule has 17 heavy (non-hydrogen) atoms. The zero-order valence-corrected chi connectivity index (χ0v) is 9.41. The highest BCUT2D eigenvalue weighted by atomic mass is 16.6. The zero-order valence-electron chi connectivity index (χ0n) is 9.41. The van der Waals surface area contributed by atoms with Gasteiger partial charge in [0.25, 0.3) is 0 Å². The lowest BCUT2D eigenvalue weighted by molar-refractivity contribution is 0.0879. The van der Waals surface area contributed by atoms with Crippen LogP contribution in [0.4, 0.5) is 0 Å². The van der Waals surface area contributed by atoms with Gasteiger partial charge in [0.05, 0.1) is 11.6 Å². The van der Waals surface area contributed by atoms with E-state index in [9.17, 15) is 0 Å². The summed E-state index contributed by atoms with van der Waals surface area (Å²) < 4.78 is 0. The molecule has 0 spiro atoms. The van der Waals surface area contributed by atoms with E-state index in [1.807, 2.05) is 0 Å². The van der Waals surface area contributed by atoms with E-state index in [2.05, 4.69) is 53.7 Å². The molecule has 0 radical (unpaired) electrons. The lowest BCUT2D eigenvalue weighted by Crippen LogP contribution is -2.34. The van der Waals surface area contributed by atoms with E-state index in [-0.39, 0.29) is 6.10 Å². The molecule has 1 aliphatic heterocycles. The molecule has 1 aromatic carbocycles. The van der Waals surface area contributed by atoms with Gasteiger partial charge in [0, 0.05) is 5.56 Å². The molecule has 4 rings (SSSR count). The lowest BCUT2D eigenvalue weighted by atomic mass is 9.73. The van der Waals surface area contributed by atoms with Crippen molar-refractivity contribution in [3.05, 3.63) is 59.7 Å². The van der Waals surface area contributed by atoms with Gasteiger partial charge in [-0.25, -0.2) is 0 Å². The van der Waals surface area contributed by atoms with Crippen molar-refractivity contribution in [2.45, 2.75) is 12.5 Å². The number of fused-ring (bicyclic) bond motifs is 2. The number of benzene rings is 1. The summed E-state index contributed by atoms with van der Waals surface area (Å²) in [5.74, 6) is 0.922. The number of oxime groups is 1. The maximum atomic E-state index is 5.57. The van der Waals surface area contributed by atoms with E-state index in [1.165, 1.54) is 11.1 Å². The van der Waals surface area contributed by atoms with E-state index < -0.39 is 0 Å². The number of hydrogen-bond acceptors (Lipinski definition) is 2. The molecular formula is C15H13NO. The Morgan fingerprint density at radius 1 is 1.12 bits per heavy atom. The maximum absolute atomic E-state index is 5.57. The predicted molar refractivity (Wildman–Crippen MR) is 66.8 cm³/mol. The molecule has 0 N–H and O–H groups in total. The first-order valence-electron chi connectivity index (χ1n) is 6.10. The van der Waals surface area contributed by atoms with Crippen molar-refractivity contribution >= 4 is 5.71 Å². The Balaban J connectivity index is 1.90. The lowest BCUT2D eigenvalue weighted by Gasteiger charge is -2.29. The average molecular weight is 223 g/mol. The highest BCUT2D eigenvalue weighted by Gasteiger charge is 2.42. The molecule has 0 saturated carbocycles. The van der Waals surface area contributed by atoms with Gasteiger partial charge in [0.15, 0.2) is 6.10 Å². The van der Waals surface area contributed by atoms with Crippen LogP contribution >= 0.6 is 0 Å². The Hall–Kier alpha value is -1.83. The van der Waals surface area contributed by atoms with Gasteiger partial charge >= 0.3 is 0 Å². The molecule has 3 aliphatic rings. The number of rotatable bonds is 0. The number of hydrogen-bond donors (Lipinski definition) is 0. The van der Waals surface area contributed by atoms with Crippen molar-refractivity contribution in [2.75, 3.05) is 0 Å². The van der Waals surface area contributed by atoms with Crippen LogP contribution in [0.3, 0.4) is 0 Å². The van der Waals surface area contributed by atoms with Gasteiger partial charge in [-0.3, -0.25) is 0 Å². The van der Waals surface area contributed by atoms with Crippen molar-refractivity contribution < 1.29 is 4.84 Å². The van der Waals surface area contributed by atoms with Crippen LogP contribution in [0.15, 0.2) is 53.7 Å². The molecule has 2 aliphatic carbocycles. The Labute approximate surface area is 100 Å². The fourth-order valence-corrected chi connectivity index (χ4v) is 3.13. The second-order valence-electron chi connectivity index (χ2n) is 4.87. The van der Waals surface area contributed by atoms with E-state index in [0.717, 1.165) is 12.1 Å². The van der Waals surface area contributed by atoms with Gasteiger partial charge in [0.2, 0.25) is 0 Å². The van der Waals surface area contributed by atoms with Gasteiger partial charge in [0.1, 0.15) is 0 Å². The molecule has 1 aromatic rings. The molecule has 3 unspecified atom stereocenters. The molecule has 84 valence electrons. The highest BCUT2D eigenvalue weighted by molar-refractivity contribution is 6.05. The smallest absolute Gasteiger partial charge is 0.155 e. The molecule has 3 atom stereocenters. The topological polar surface area (TPSA) is 21.6 Å². The molecule has 2 heteroatoms. The second-order valence-corrected chi connectivity index (χ2v) is 4.87. The summed E-state index contributed by atoms with van der Waals surface area (Å²) in [6.07, 6.45) is 9.84. The minimum absolute atomic E-state index is 0.123. The van der Waals surface area contributed by atoms with E-state index in [0.29, 0.717) is 11.8 Å². The monoisotopic (exact) mass is 223 g/mol. The van der Waals surface area contributed by atoms with Crippen LogP contribution < -0.4 is 0 Å². The predicted octanol–water partition coefficient (Wildman–Crippen LogP) is 2.70. The van der Waals surface area contributed by atoms with Gasteiger partial charge in [-0.1, -0.05) is 47.6 Å². The van der Waals surface area contributed by atoms with Gasteiger partial charge in [-0.15, -0.1) is 0 Å². The van der Waals surface area contributed by atoms with Crippen molar-refractivity contribution in [1.29, 1.82) is 0 Å². The third kappa shape index (κ3) is 1.24. The molecule has 2 nitrogen and oxygen atoms in total. The Kier molecular flexibility index (Phi) is 1.81. The second kappa shape index (κ2) is 3.33. The molecule has 0 saturated heterocycles. The maximum Gasteiger partial charge on any atom is 0.155 e. The third-order valence-electron chi connectivity index (χ3n) is 3.92.